The minimum absolute atomic E-state index is 0.0155. The van der Waals surface area contributed by atoms with Gasteiger partial charge in [-0.25, -0.2) is 0 Å². The molecule has 0 heterocycles. The summed E-state index contributed by atoms with van der Waals surface area (Å²) in [6, 6.07) is 7.19. The van der Waals surface area contributed by atoms with E-state index in [-0.39, 0.29) is 5.91 Å². The van der Waals surface area contributed by atoms with Crippen molar-refractivity contribution >= 4 is 11.6 Å². The van der Waals surface area contributed by atoms with Crippen LogP contribution in [0.1, 0.15) is 20.8 Å². The number of nitrogens with two attached hydrogens (primary N) is 1. The zero-order chi connectivity index (χ0) is 12.8. The summed E-state index contributed by atoms with van der Waals surface area (Å²) in [6.45, 7) is 7.02. The third-order valence-corrected chi connectivity index (χ3v) is 2.65. The third-order valence-electron chi connectivity index (χ3n) is 2.65. The number of ether oxygens (including phenoxy) is 1. The molecule has 4 heteroatoms. The van der Waals surface area contributed by atoms with Gasteiger partial charge in [0, 0.05) is 13.1 Å². The van der Waals surface area contributed by atoms with Gasteiger partial charge in [-0.3, -0.25) is 4.79 Å². The van der Waals surface area contributed by atoms with Gasteiger partial charge >= 0.3 is 0 Å². The molecule has 1 amide bonds. The summed E-state index contributed by atoms with van der Waals surface area (Å²) in [5, 5.41) is 0. The molecule has 0 spiro atoms. The first-order valence-corrected chi connectivity index (χ1v) is 5.90. The molecule has 0 saturated heterocycles. The second-order valence-corrected chi connectivity index (χ2v) is 3.81. The maximum atomic E-state index is 12.0. The van der Waals surface area contributed by atoms with Crippen molar-refractivity contribution in [2.75, 3.05) is 18.8 Å². The molecular formula is C13H20N2O2. The van der Waals surface area contributed by atoms with E-state index in [2.05, 4.69) is 0 Å². The van der Waals surface area contributed by atoms with E-state index < -0.39 is 6.10 Å². The zero-order valence-electron chi connectivity index (χ0n) is 10.6. The Hall–Kier alpha value is -1.71. The fraction of sp³-hybridized carbons (Fsp3) is 0.462. The van der Waals surface area contributed by atoms with Crippen LogP contribution >= 0.6 is 0 Å². The molecular weight excluding hydrogens is 216 g/mol. The Kier molecular flexibility index (Phi) is 4.82. The first kappa shape index (κ1) is 13.4. The normalized spacial score (nSPS) is 11.9. The van der Waals surface area contributed by atoms with Gasteiger partial charge in [-0.2, -0.15) is 0 Å². The fourth-order valence-electron chi connectivity index (χ4n) is 1.62. The number of rotatable bonds is 5. The lowest BCUT2D eigenvalue weighted by molar-refractivity contribution is -0.137. The van der Waals surface area contributed by atoms with Crippen molar-refractivity contribution in [3.63, 3.8) is 0 Å². The Balaban J connectivity index is 2.69. The molecule has 1 aromatic rings. The molecule has 17 heavy (non-hydrogen) atoms. The summed E-state index contributed by atoms with van der Waals surface area (Å²) in [5.41, 5.74) is 6.31. The molecule has 4 nitrogen and oxygen atoms in total. The molecule has 1 aromatic carbocycles. The van der Waals surface area contributed by atoms with Crippen molar-refractivity contribution in [2.45, 2.75) is 26.9 Å². The molecule has 1 rings (SSSR count). The van der Waals surface area contributed by atoms with Crippen LogP contribution in [0, 0.1) is 0 Å². The maximum absolute atomic E-state index is 12.0. The van der Waals surface area contributed by atoms with Crippen molar-refractivity contribution in [3.05, 3.63) is 24.3 Å². The largest absolute Gasteiger partial charge is 0.479 e. The highest BCUT2D eigenvalue weighted by Crippen LogP contribution is 2.21. The van der Waals surface area contributed by atoms with Gasteiger partial charge in [-0.05, 0) is 32.9 Å². The van der Waals surface area contributed by atoms with Gasteiger partial charge in [0.05, 0.1) is 5.69 Å². The molecule has 2 N–H and O–H groups in total. The monoisotopic (exact) mass is 236 g/mol. The number of nitrogens with zero attached hydrogens (tertiary/aromatic N) is 1. The summed E-state index contributed by atoms with van der Waals surface area (Å²) >= 11 is 0. The molecule has 0 fully saturated rings. The van der Waals surface area contributed by atoms with E-state index in [0.717, 1.165) is 0 Å². The van der Waals surface area contributed by atoms with Gasteiger partial charge in [0.2, 0.25) is 0 Å². The van der Waals surface area contributed by atoms with Crippen LogP contribution < -0.4 is 10.5 Å². The number of carbonyl (C=O) groups is 1. The summed E-state index contributed by atoms with van der Waals surface area (Å²) in [5.74, 6) is 0.541. The Morgan fingerprint density at radius 3 is 2.47 bits per heavy atom. The van der Waals surface area contributed by atoms with Crippen LogP contribution in [-0.4, -0.2) is 30.0 Å². The number of para-hydroxylation sites is 2. The van der Waals surface area contributed by atoms with Crippen LogP contribution in [0.15, 0.2) is 24.3 Å². The number of likely N-dealkylation sites (N-methyl/N-ethyl adjacent to an activating group) is 1. The second-order valence-electron chi connectivity index (χ2n) is 3.81. The summed E-state index contributed by atoms with van der Waals surface area (Å²) in [6.07, 6.45) is -0.514. The zero-order valence-corrected chi connectivity index (χ0v) is 10.6. The molecule has 0 aliphatic carbocycles. The molecule has 0 aliphatic heterocycles. The molecule has 1 atom stereocenters. The van der Waals surface area contributed by atoms with Crippen molar-refractivity contribution in [2.24, 2.45) is 0 Å². The predicted molar refractivity (Wildman–Crippen MR) is 68.9 cm³/mol. The highest BCUT2D eigenvalue weighted by atomic mass is 16.5. The molecule has 94 valence electrons. The first-order chi connectivity index (χ1) is 8.10. The lowest BCUT2D eigenvalue weighted by Gasteiger charge is -2.23. The SMILES string of the molecule is CCN(CC)C(=O)C(C)Oc1ccccc1N. The highest BCUT2D eigenvalue weighted by molar-refractivity contribution is 5.81. The molecule has 1 unspecified atom stereocenters. The van der Waals surface area contributed by atoms with Gasteiger partial charge in [-0.1, -0.05) is 12.1 Å². The van der Waals surface area contributed by atoms with Gasteiger partial charge in [0.25, 0.3) is 5.91 Å². The molecule has 0 aromatic heterocycles. The maximum Gasteiger partial charge on any atom is 0.263 e. The summed E-state index contributed by atoms with van der Waals surface area (Å²) < 4.78 is 5.58. The molecule has 0 aliphatic rings. The average Bonchev–Trinajstić information content (AvgIpc) is 2.33. The lowest BCUT2D eigenvalue weighted by atomic mass is 10.3. The minimum atomic E-state index is -0.514. The predicted octanol–water partition coefficient (Wildman–Crippen LogP) is 1.90. The van der Waals surface area contributed by atoms with E-state index in [1.54, 1.807) is 24.0 Å². The number of anilines is 1. The van der Waals surface area contributed by atoms with Gasteiger partial charge in [-0.15, -0.1) is 0 Å². The number of hydrogen-bond acceptors (Lipinski definition) is 3. The quantitative estimate of drug-likeness (QED) is 0.794. The van der Waals surface area contributed by atoms with Gasteiger partial charge in [0.1, 0.15) is 5.75 Å². The Bertz CT molecular complexity index is 375. The number of amides is 1. The number of nitrogen functional groups attached to an aromatic ring is 1. The highest BCUT2D eigenvalue weighted by Gasteiger charge is 2.20. The molecule has 0 saturated carbocycles. The lowest BCUT2D eigenvalue weighted by Crippen LogP contribution is -2.40. The second kappa shape index (κ2) is 6.13. The number of benzene rings is 1. The minimum Gasteiger partial charge on any atom is -0.479 e. The van der Waals surface area contributed by atoms with Crippen LogP contribution in [-0.2, 0) is 4.79 Å². The van der Waals surface area contributed by atoms with Gasteiger partial charge < -0.3 is 15.4 Å². The number of hydrogen-bond donors (Lipinski definition) is 1. The Morgan fingerprint density at radius 2 is 1.94 bits per heavy atom. The van der Waals surface area contributed by atoms with Crippen LogP contribution in [0.2, 0.25) is 0 Å². The van der Waals surface area contributed by atoms with Crippen molar-refractivity contribution in [3.8, 4) is 5.75 Å². The van der Waals surface area contributed by atoms with Crippen LogP contribution in [0.4, 0.5) is 5.69 Å². The standard InChI is InChI=1S/C13H20N2O2/c1-4-15(5-2)13(16)10(3)17-12-9-7-6-8-11(12)14/h6-10H,4-5,14H2,1-3H3. The summed E-state index contributed by atoms with van der Waals surface area (Å²) in [4.78, 5) is 13.7. The third kappa shape index (κ3) is 3.37. The van der Waals surface area contributed by atoms with Crippen molar-refractivity contribution < 1.29 is 9.53 Å². The Morgan fingerprint density at radius 1 is 1.35 bits per heavy atom. The van der Waals surface area contributed by atoms with Crippen LogP contribution in [0.25, 0.3) is 0 Å². The van der Waals surface area contributed by atoms with E-state index in [1.165, 1.54) is 0 Å². The summed E-state index contributed by atoms with van der Waals surface area (Å²) in [7, 11) is 0. The first-order valence-electron chi connectivity index (χ1n) is 5.90. The van der Waals surface area contributed by atoms with Crippen LogP contribution in [0.3, 0.4) is 0 Å². The van der Waals surface area contributed by atoms with E-state index in [9.17, 15) is 4.79 Å². The molecule has 0 bridgehead atoms. The topological polar surface area (TPSA) is 55.6 Å². The van der Waals surface area contributed by atoms with E-state index >= 15 is 0 Å². The smallest absolute Gasteiger partial charge is 0.263 e. The number of carbonyl (C=O) groups excluding carboxylic acids is 1. The van der Waals surface area contributed by atoms with E-state index in [4.69, 9.17) is 10.5 Å². The average molecular weight is 236 g/mol. The van der Waals surface area contributed by atoms with Crippen molar-refractivity contribution in [1.82, 2.24) is 4.90 Å². The van der Waals surface area contributed by atoms with Crippen LogP contribution in [0.5, 0.6) is 5.75 Å². The Labute approximate surface area is 102 Å². The fourth-order valence-corrected chi connectivity index (χ4v) is 1.62. The molecule has 0 radical (unpaired) electrons. The van der Waals surface area contributed by atoms with E-state index in [0.29, 0.717) is 24.5 Å². The van der Waals surface area contributed by atoms with Crippen molar-refractivity contribution in [1.29, 1.82) is 0 Å². The van der Waals surface area contributed by atoms with Gasteiger partial charge in [0.15, 0.2) is 6.10 Å². The van der Waals surface area contributed by atoms with E-state index in [1.807, 2.05) is 26.0 Å².